The highest BCUT2D eigenvalue weighted by molar-refractivity contribution is 7.10. The van der Waals surface area contributed by atoms with Crippen LogP contribution in [0.25, 0.3) is 0 Å². The largest absolute Gasteiger partial charge is 0.478 e. The van der Waals surface area contributed by atoms with Crippen molar-refractivity contribution >= 4 is 17.3 Å². The van der Waals surface area contributed by atoms with E-state index in [2.05, 4.69) is 16.3 Å². The van der Waals surface area contributed by atoms with Gasteiger partial charge in [-0.05, 0) is 29.5 Å². The Hall–Kier alpha value is -1.59. The lowest BCUT2D eigenvalue weighted by atomic mass is 10.1. The van der Waals surface area contributed by atoms with Crippen molar-refractivity contribution in [2.75, 3.05) is 6.54 Å². The van der Waals surface area contributed by atoms with Crippen molar-refractivity contribution in [3.8, 4) is 0 Å². The summed E-state index contributed by atoms with van der Waals surface area (Å²) in [5.41, 5.74) is 1.61. The summed E-state index contributed by atoms with van der Waals surface area (Å²) in [4.78, 5) is 14.5. The lowest BCUT2D eigenvalue weighted by Crippen LogP contribution is -2.28. The molecule has 0 aliphatic carbocycles. The van der Waals surface area contributed by atoms with E-state index < -0.39 is 5.97 Å². The number of aromatic carboxylic acids is 1. The maximum atomic E-state index is 10.8. The third-order valence-electron chi connectivity index (χ3n) is 3.17. The number of carbonyl (C=O) groups is 1. The zero-order valence-corrected chi connectivity index (χ0v) is 10.6. The molecule has 2 aromatic heterocycles. The molecule has 0 unspecified atom stereocenters. The van der Waals surface area contributed by atoms with Crippen LogP contribution in [-0.4, -0.2) is 22.5 Å². The van der Waals surface area contributed by atoms with Gasteiger partial charge in [-0.3, -0.25) is 4.90 Å². The zero-order chi connectivity index (χ0) is 12.5. The Morgan fingerprint density at radius 1 is 1.56 bits per heavy atom. The topological polar surface area (TPSA) is 53.7 Å². The van der Waals surface area contributed by atoms with Crippen LogP contribution in [0.2, 0.25) is 0 Å². The molecule has 0 radical (unpaired) electrons. The van der Waals surface area contributed by atoms with Gasteiger partial charge in [0.15, 0.2) is 0 Å². The first kappa shape index (κ1) is 11.5. The molecule has 94 valence electrons. The van der Waals surface area contributed by atoms with E-state index in [0.717, 1.165) is 19.5 Å². The van der Waals surface area contributed by atoms with Crippen molar-refractivity contribution in [1.82, 2.24) is 4.90 Å². The average Bonchev–Trinajstić information content (AvgIpc) is 2.96. The number of furan rings is 1. The number of fused-ring (bicyclic) bond motifs is 1. The Morgan fingerprint density at radius 2 is 2.44 bits per heavy atom. The fourth-order valence-electron chi connectivity index (χ4n) is 2.24. The Morgan fingerprint density at radius 3 is 3.22 bits per heavy atom. The first-order chi connectivity index (χ1) is 8.72. The van der Waals surface area contributed by atoms with Gasteiger partial charge < -0.3 is 9.52 Å². The molecule has 18 heavy (non-hydrogen) atoms. The van der Waals surface area contributed by atoms with E-state index in [1.54, 1.807) is 6.07 Å². The molecule has 0 atom stereocenters. The normalized spacial score (nSPS) is 15.6. The molecule has 0 amide bonds. The van der Waals surface area contributed by atoms with Gasteiger partial charge in [0, 0.05) is 18.0 Å². The molecule has 4 nitrogen and oxygen atoms in total. The monoisotopic (exact) mass is 263 g/mol. The smallest absolute Gasteiger partial charge is 0.338 e. The van der Waals surface area contributed by atoms with Crippen LogP contribution in [0, 0.1) is 0 Å². The van der Waals surface area contributed by atoms with Gasteiger partial charge in [-0.2, -0.15) is 0 Å². The van der Waals surface area contributed by atoms with Gasteiger partial charge in [0.2, 0.25) is 0 Å². The third kappa shape index (κ3) is 2.19. The summed E-state index contributed by atoms with van der Waals surface area (Å²) in [6.45, 7) is 2.58. The summed E-state index contributed by atoms with van der Waals surface area (Å²) in [5.74, 6) is -0.227. The average molecular weight is 263 g/mol. The quantitative estimate of drug-likeness (QED) is 0.924. The molecule has 0 fully saturated rings. The van der Waals surface area contributed by atoms with E-state index in [-0.39, 0.29) is 5.56 Å². The van der Waals surface area contributed by atoms with Crippen molar-refractivity contribution < 1.29 is 14.3 Å². The van der Waals surface area contributed by atoms with E-state index in [9.17, 15) is 4.79 Å². The molecule has 3 heterocycles. The molecule has 0 aromatic carbocycles. The second kappa shape index (κ2) is 4.59. The van der Waals surface area contributed by atoms with Crippen molar-refractivity contribution in [3.05, 3.63) is 45.5 Å². The second-order valence-electron chi connectivity index (χ2n) is 4.44. The van der Waals surface area contributed by atoms with Crippen LogP contribution in [-0.2, 0) is 19.5 Å². The molecule has 1 aliphatic heterocycles. The highest BCUT2D eigenvalue weighted by Crippen LogP contribution is 2.25. The molecule has 5 heteroatoms. The maximum Gasteiger partial charge on any atom is 0.338 e. The number of carboxylic acids is 1. The van der Waals surface area contributed by atoms with E-state index >= 15 is 0 Å². The lowest BCUT2D eigenvalue weighted by molar-refractivity contribution is 0.0696. The van der Waals surface area contributed by atoms with Crippen LogP contribution in [0.5, 0.6) is 0 Å². The van der Waals surface area contributed by atoms with Gasteiger partial charge in [-0.15, -0.1) is 11.3 Å². The Bertz CT molecular complexity index is 572. The molecule has 0 spiro atoms. The minimum Gasteiger partial charge on any atom is -0.478 e. The molecule has 0 bridgehead atoms. The molecule has 2 aromatic rings. The van der Waals surface area contributed by atoms with Crippen LogP contribution < -0.4 is 0 Å². The summed E-state index contributed by atoms with van der Waals surface area (Å²) in [6.07, 6.45) is 2.37. The van der Waals surface area contributed by atoms with Gasteiger partial charge in [0.05, 0.1) is 12.1 Å². The van der Waals surface area contributed by atoms with E-state index in [1.165, 1.54) is 16.7 Å². The predicted molar refractivity (Wildman–Crippen MR) is 67.8 cm³/mol. The number of nitrogens with zero attached hydrogens (tertiary/aromatic N) is 1. The van der Waals surface area contributed by atoms with Gasteiger partial charge in [0.1, 0.15) is 12.0 Å². The Labute approximate surface area is 108 Å². The molecular weight excluding hydrogens is 250 g/mol. The Kier molecular flexibility index (Phi) is 2.93. The number of rotatable bonds is 3. The van der Waals surface area contributed by atoms with Crippen molar-refractivity contribution in [3.63, 3.8) is 0 Å². The summed E-state index contributed by atoms with van der Waals surface area (Å²) in [7, 11) is 0. The first-order valence-electron chi connectivity index (χ1n) is 5.80. The summed E-state index contributed by atoms with van der Waals surface area (Å²) < 4.78 is 5.28. The van der Waals surface area contributed by atoms with Crippen molar-refractivity contribution in [2.45, 2.75) is 19.5 Å². The number of thiophene rings is 1. The van der Waals surface area contributed by atoms with Crippen LogP contribution in [0.15, 0.2) is 28.2 Å². The van der Waals surface area contributed by atoms with Crippen molar-refractivity contribution in [1.29, 1.82) is 0 Å². The van der Waals surface area contributed by atoms with Crippen LogP contribution in [0.4, 0.5) is 0 Å². The molecule has 1 aliphatic rings. The van der Waals surface area contributed by atoms with E-state index in [1.807, 2.05) is 11.3 Å². The van der Waals surface area contributed by atoms with Gasteiger partial charge >= 0.3 is 5.97 Å². The minimum atomic E-state index is -0.941. The number of hydrogen-bond acceptors (Lipinski definition) is 4. The highest BCUT2D eigenvalue weighted by Gasteiger charge is 2.18. The molecule has 1 N–H and O–H groups in total. The number of hydrogen-bond donors (Lipinski definition) is 1. The predicted octanol–water partition coefficient (Wildman–Crippen LogP) is 2.60. The fraction of sp³-hybridized carbons (Fsp3) is 0.308. The van der Waals surface area contributed by atoms with E-state index in [4.69, 9.17) is 9.52 Å². The SMILES string of the molecule is O=C(O)c1coc(CN2CCc3sccc3C2)c1. The van der Waals surface area contributed by atoms with Gasteiger partial charge in [-0.25, -0.2) is 4.79 Å². The molecule has 3 rings (SSSR count). The van der Waals surface area contributed by atoms with E-state index in [0.29, 0.717) is 12.3 Å². The Balaban J connectivity index is 1.68. The standard InChI is InChI=1S/C13H13NO3S/c15-13(16)10-5-11(17-8-10)7-14-3-1-12-9(6-14)2-4-18-12/h2,4-5,8H,1,3,6-7H2,(H,15,16). The number of carboxylic acid groups (broad SMARTS) is 1. The van der Waals surface area contributed by atoms with Crippen LogP contribution in [0.1, 0.15) is 26.6 Å². The lowest BCUT2D eigenvalue weighted by Gasteiger charge is -2.25. The molecular formula is C13H13NO3S. The summed E-state index contributed by atoms with van der Waals surface area (Å²) >= 11 is 1.81. The summed E-state index contributed by atoms with van der Waals surface area (Å²) in [5, 5.41) is 11.0. The molecule has 0 saturated carbocycles. The summed E-state index contributed by atoms with van der Waals surface area (Å²) in [6, 6.07) is 3.77. The fourth-order valence-corrected chi connectivity index (χ4v) is 3.13. The van der Waals surface area contributed by atoms with Crippen LogP contribution in [0.3, 0.4) is 0 Å². The van der Waals surface area contributed by atoms with Gasteiger partial charge in [-0.1, -0.05) is 0 Å². The zero-order valence-electron chi connectivity index (χ0n) is 9.76. The third-order valence-corrected chi connectivity index (χ3v) is 4.19. The highest BCUT2D eigenvalue weighted by atomic mass is 32.1. The first-order valence-corrected chi connectivity index (χ1v) is 6.68. The molecule has 0 saturated heterocycles. The second-order valence-corrected chi connectivity index (χ2v) is 5.44. The minimum absolute atomic E-state index is 0.221. The maximum absolute atomic E-state index is 10.8. The van der Waals surface area contributed by atoms with Gasteiger partial charge in [0.25, 0.3) is 0 Å². The van der Waals surface area contributed by atoms with Crippen LogP contribution >= 0.6 is 11.3 Å². The van der Waals surface area contributed by atoms with Crippen molar-refractivity contribution in [2.24, 2.45) is 0 Å².